The number of nitrogens with one attached hydrogen (secondary N) is 1. The molecule has 1 N–H and O–H groups in total. The summed E-state index contributed by atoms with van der Waals surface area (Å²) < 4.78 is 48.8. The van der Waals surface area contributed by atoms with Crippen molar-refractivity contribution >= 4 is 18.0 Å². The maximum atomic E-state index is 12.9. The number of halogens is 3. The van der Waals surface area contributed by atoms with Gasteiger partial charge in [0.05, 0.1) is 37.5 Å². The van der Waals surface area contributed by atoms with Gasteiger partial charge in [-0.3, -0.25) is 9.69 Å². The molecule has 0 spiro atoms. The molecule has 0 aromatic heterocycles. The number of methoxy groups -OCH3 is 1. The second kappa shape index (κ2) is 11.1. The van der Waals surface area contributed by atoms with Crippen LogP contribution in [0.5, 0.6) is 0 Å². The van der Waals surface area contributed by atoms with Crippen LogP contribution >= 0.6 is 0 Å². The van der Waals surface area contributed by atoms with Gasteiger partial charge in [0.15, 0.2) is 0 Å². The van der Waals surface area contributed by atoms with E-state index in [-0.39, 0.29) is 18.5 Å². The standard InChI is InChI=1S/C24H25F3N2O4/c1-32-23(31)19-5-2-17(3-6-19)4-11-22(30)28-16-21(29-12-14-33-15-13-29)18-7-9-20(10-8-18)24(25,26)27/h2-11,21H,12-16H2,1H3,(H,28,30). The van der Waals surface area contributed by atoms with Crippen molar-refractivity contribution in [2.75, 3.05) is 40.0 Å². The van der Waals surface area contributed by atoms with Gasteiger partial charge in [0.25, 0.3) is 0 Å². The number of rotatable bonds is 7. The third-order valence-corrected chi connectivity index (χ3v) is 5.34. The minimum atomic E-state index is -4.40. The number of carbonyl (C=O) groups is 2. The Morgan fingerprint density at radius 1 is 1.09 bits per heavy atom. The first kappa shape index (κ1) is 24.5. The zero-order valence-corrected chi connectivity index (χ0v) is 18.1. The Morgan fingerprint density at radius 2 is 1.73 bits per heavy atom. The van der Waals surface area contributed by atoms with Crippen LogP contribution in [-0.2, 0) is 20.4 Å². The maximum Gasteiger partial charge on any atom is 0.416 e. The van der Waals surface area contributed by atoms with Crippen molar-refractivity contribution in [3.8, 4) is 0 Å². The molecular formula is C24H25F3N2O4. The van der Waals surface area contributed by atoms with Crippen LogP contribution in [0.4, 0.5) is 13.2 Å². The SMILES string of the molecule is COC(=O)c1ccc(C=CC(=O)NCC(c2ccc(C(F)(F)F)cc2)N2CCOCC2)cc1. The highest BCUT2D eigenvalue weighted by atomic mass is 19.4. The molecule has 3 rings (SSSR count). The molecule has 0 saturated carbocycles. The molecule has 0 bridgehead atoms. The van der Waals surface area contributed by atoms with Crippen molar-refractivity contribution in [3.63, 3.8) is 0 Å². The minimum Gasteiger partial charge on any atom is -0.465 e. The van der Waals surface area contributed by atoms with Gasteiger partial charge in [0.1, 0.15) is 0 Å². The molecule has 1 heterocycles. The Hall–Kier alpha value is -3.17. The van der Waals surface area contributed by atoms with E-state index in [2.05, 4.69) is 15.0 Å². The predicted molar refractivity (Wildman–Crippen MR) is 116 cm³/mol. The minimum absolute atomic E-state index is 0.232. The van der Waals surface area contributed by atoms with E-state index in [1.54, 1.807) is 30.3 Å². The number of hydrogen-bond acceptors (Lipinski definition) is 5. The van der Waals surface area contributed by atoms with Gasteiger partial charge in [-0.15, -0.1) is 0 Å². The number of amides is 1. The zero-order chi connectivity index (χ0) is 23.8. The molecule has 1 aliphatic rings. The van der Waals surface area contributed by atoms with E-state index in [4.69, 9.17) is 4.74 Å². The van der Waals surface area contributed by atoms with Gasteiger partial charge in [0.2, 0.25) is 5.91 Å². The van der Waals surface area contributed by atoms with Crippen LogP contribution in [0.25, 0.3) is 6.08 Å². The third-order valence-electron chi connectivity index (χ3n) is 5.34. The van der Waals surface area contributed by atoms with Crippen molar-refractivity contribution in [2.24, 2.45) is 0 Å². The monoisotopic (exact) mass is 462 g/mol. The molecule has 1 unspecified atom stereocenters. The van der Waals surface area contributed by atoms with Crippen molar-refractivity contribution in [1.82, 2.24) is 10.2 Å². The van der Waals surface area contributed by atoms with Crippen LogP contribution in [0.3, 0.4) is 0 Å². The Balaban J connectivity index is 1.65. The first-order chi connectivity index (χ1) is 15.8. The average molecular weight is 462 g/mol. The number of alkyl halides is 3. The fourth-order valence-corrected chi connectivity index (χ4v) is 3.52. The topological polar surface area (TPSA) is 67.9 Å². The fourth-order valence-electron chi connectivity index (χ4n) is 3.52. The van der Waals surface area contributed by atoms with Crippen LogP contribution in [0.15, 0.2) is 54.6 Å². The largest absolute Gasteiger partial charge is 0.465 e. The number of esters is 1. The maximum absolute atomic E-state index is 12.9. The van der Waals surface area contributed by atoms with Crippen molar-refractivity contribution < 1.29 is 32.2 Å². The Morgan fingerprint density at radius 3 is 2.30 bits per heavy atom. The molecule has 0 aliphatic carbocycles. The van der Waals surface area contributed by atoms with Gasteiger partial charge >= 0.3 is 12.1 Å². The molecule has 1 saturated heterocycles. The van der Waals surface area contributed by atoms with E-state index in [1.807, 2.05) is 0 Å². The molecule has 1 fully saturated rings. The molecule has 176 valence electrons. The molecule has 0 radical (unpaired) electrons. The van der Waals surface area contributed by atoms with Gasteiger partial charge in [-0.2, -0.15) is 13.2 Å². The van der Waals surface area contributed by atoms with Gasteiger partial charge in [-0.05, 0) is 41.5 Å². The van der Waals surface area contributed by atoms with Crippen LogP contribution < -0.4 is 5.32 Å². The van der Waals surface area contributed by atoms with Gasteiger partial charge < -0.3 is 14.8 Å². The van der Waals surface area contributed by atoms with E-state index in [0.29, 0.717) is 37.4 Å². The van der Waals surface area contributed by atoms with Crippen molar-refractivity contribution in [2.45, 2.75) is 12.2 Å². The molecule has 1 atom stereocenters. The molecule has 9 heteroatoms. The normalized spacial score (nSPS) is 15.9. The van der Waals surface area contributed by atoms with E-state index < -0.39 is 17.7 Å². The summed E-state index contributed by atoms with van der Waals surface area (Å²) in [5.41, 5.74) is 1.11. The van der Waals surface area contributed by atoms with Crippen LogP contribution in [0.1, 0.15) is 33.1 Å². The third kappa shape index (κ3) is 6.90. The smallest absolute Gasteiger partial charge is 0.416 e. The van der Waals surface area contributed by atoms with Crippen LogP contribution in [0.2, 0.25) is 0 Å². The summed E-state index contributed by atoms with van der Waals surface area (Å²) in [6.45, 7) is 2.50. The number of ether oxygens (including phenoxy) is 2. The lowest BCUT2D eigenvalue weighted by atomic mass is 10.0. The van der Waals surface area contributed by atoms with Gasteiger partial charge in [-0.1, -0.05) is 24.3 Å². The molecule has 1 aliphatic heterocycles. The molecular weight excluding hydrogens is 437 g/mol. The quantitative estimate of drug-likeness (QED) is 0.502. The number of nitrogens with zero attached hydrogens (tertiary/aromatic N) is 1. The lowest BCUT2D eigenvalue weighted by Gasteiger charge is -2.35. The lowest BCUT2D eigenvalue weighted by molar-refractivity contribution is -0.137. The summed E-state index contributed by atoms with van der Waals surface area (Å²) in [4.78, 5) is 25.9. The molecule has 33 heavy (non-hydrogen) atoms. The highest BCUT2D eigenvalue weighted by molar-refractivity contribution is 5.92. The number of benzene rings is 2. The summed E-state index contributed by atoms with van der Waals surface area (Å²) in [6, 6.07) is 11.3. The van der Waals surface area contributed by atoms with Crippen molar-refractivity contribution in [3.05, 3.63) is 76.9 Å². The van der Waals surface area contributed by atoms with E-state index in [0.717, 1.165) is 17.7 Å². The fraction of sp³-hybridized carbons (Fsp3) is 0.333. The highest BCUT2D eigenvalue weighted by Gasteiger charge is 2.31. The molecule has 6 nitrogen and oxygen atoms in total. The Kier molecular flexibility index (Phi) is 8.24. The highest BCUT2D eigenvalue weighted by Crippen LogP contribution is 2.31. The van der Waals surface area contributed by atoms with Gasteiger partial charge in [-0.25, -0.2) is 4.79 Å². The lowest BCUT2D eigenvalue weighted by Crippen LogP contribution is -2.43. The first-order valence-corrected chi connectivity index (χ1v) is 10.4. The second-order valence-corrected chi connectivity index (χ2v) is 7.48. The number of morpholine rings is 1. The zero-order valence-electron chi connectivity index (χ0n) is 18.1. The summed E-state index contributed by atoms with van der Waals surface area (Å²) in [7, 11) is 1.30. The Bertz CT molecular complexity index is 967. The molecule has 1 amide bonds. The second-order valence-electron chi connectivity index (χ2n) is 7.48. The molecule has 2 aromatic rings. The summed E-state index contributed by atoms with van der Waals surface area (Å²) in [5, 5.41) is 2.83. The number of carbonyl (C=O) groups excluding carboxylic acids is 2. The Labute approximate surface area is 190 Å². The first-order valence-electron chi connectivity index (χ1n) is 10.4. The summed E-state index contributed by atoms with van der Waals surface area (Å²) in [5.74, 6) is -0.780. The summed E-state index contributed by atoms with van der Waals surface area (Å²) in [6.07, 6.45) is -1.42. The average Bonchev–Trinajstić information content (AvgIpc) is 2.83. The van der Waals surface area contributed by atoms with Crippen LogP contribution in [-0.4, -0.2) is 56.7 Å². The van der Waals surface area contributed by atoms with Crippen molar-refractivity contribution in [1.29, 1.82) is 0 Å². The van der Waals surface area contributed by atoms with E-state index >= 15 is 0 Å². The van der Waals surface area contributed by atoms with Gasteiger partial charge in [0, 0.05) is 25.7 Å². The molecule has 2 aromatic carbocycles. The van der Waals surface area contributed by atoms with E-state index in [1.165, 1.54) is 25.3 Å². The van der Waals surface area contributed by atoms with Crippen LogP contribution in [0, 0.1) is 0 Å². The number of hydrogen-bond donors (Lipinski definition) is 1. The predicted octanol–water partition coefficient (Wildman–Crippen LogP) is 3.69. The summed E-state index contributed by atoms with van der Waals surface area (Å²) >= 11 is 0. The van der Waals surface area contributed by atoms with E-state index in [9.17, 15) is 22.8 Å².